The third kappa shape index (κ3) is 4.01. The molecule has 4 heteroatoms. The zero-order valence-corrected chi connectivity index (χ0v) is 13.3. The fraction of sp³-hybridized carbons (Fsp3) is 0.800. The first kappa shape index (κ1) is 14.9. The molecule has 1 aliphatic heterocycles. The van der Waals surface area contributed by atoms with E-state index in [1.54, 1.807) is 11.3 Å². The van der Waals surface area contributed by atoms with Gasteiger partial charge in [0.15, 0.2) is 0 Å². The molecule has 1 saturated heterocycles. The standard InChI is InChI=1S/C15H26N2OS/c1-5-16-12(11-6-7-18-9-11)8-14-17-13(10-19-14)15(2,3)4/h10-12,16H,5-9H2,1-4H3. The molecule has 2 rings (SSSR count). The molecular formula is C15H26N2OS. The minimum Gasteiger partial charge on any atom is -0.381 e. The fourth-order valence-corrected chi connectivity index (χ4v) is 3.56. The van der Waals surface area contributed by atoms with Gasteiger partial charge in [0.1, 0.15) is 0 Å². The summed E-state index contributed by atoms with van der Waals surface area (Å²) in [5.41, 5.74) is 1.37. The SMILES string of the molecule is CCNC(Cc1nc(C(C)(C)C)cs1)C1CCOC1. The predicted molar refractivity (Wildman–Crippen MR) is 80.9 cm³/mol. The van der Waals surface area contributed by atoms with Crippen molar-refractivity contribution in [2.75, 3.05) is 19.8 Å². The molecule has 0 radical (unpaired) electrons. The van der Waals surface area contributed by atoms with Crippen LogP contribution in [0.1, 0.15) is 44.8 Å². The van der Waals surface area contributed by atoms with Crippen LogP contribution in [0.5, 0.6) is 0 Å². The van der Waals surface area contributed by atoms with Gasteiger partial charge in [-0.2, -0.15) is 0 Å². The molecule has 2 atom stereocenters. The number of aromatic nitrogens is 1. The number of thiazole rings is 1. The third-order valence-electron chi connectivity index (χ3n) is 3.71. The van der Waals surface area contributed by atoms with Gasteiger partial charge in [0.05, 0.1) is 17.3 Å². The summed E-state index contributed by atoms with van der Waals surface area (Å²) in [6.45, 7) is 11.7. The van der Waals surface area contributed by atoms with Gasteiger partial charge in [-0.25, -0.2) is 4.98 Å². The molecular weight excluding hydrogens is 256 g/mol. The van der Waals surface area contributed by atoms with Gasteiger partial charge in [0.25, 0.3) is 0 Å². The summed E-state index contributed by atoms with van der Waals surface area (Å²) >= 11 is 1.80. The van der Waals surface area contributed by atoms with Crippen molar-refractivity contribution in [3.05, 3.63) is 16.1 Å². The molecule has 2 heterocycles. The van der Waals surface area contributed by atoms with E-state index in [-0.39, 0.29) is 5.41 Å². The molecule has 19 heavy (non-hydrogen) atoms. The Kier molecular flexibility index (Phi) is 4.98. The number of rotatable bonds is 5. The average Bonchev–Trinajstić information content (AvgIpc) is 2.98. The lowest BCUT2D eigenvalue weighted by atomic mass is 9.93. The Morgan fingerprint density at radius 1 is 1.53 bits per heavy atom. The van der Waals surface area contributed by atoms with Crippen LogP contribution in [0.25, 0.3) is 0 Å². The highest BCUT2D eigenvalue weighted by Gasteiger charge is 2.26. The van der Waals surface area contributed by atoms with Crippen molar-refractivity contribution in [2.45, 2.75) is 52.0 Å². The predicted octanol–water partition coefficient (Wildman–Crippen LogP) is 3.00. The van der Waals surface area contributed by atoms with Crippen LogP contribution < -0.4 is 5.32 Å². The van der Waals surface area contributed by atoms with Crippen LogP contribution in [0.4, 0.5) is 0 Å². The molecule has 0 saturated carbocycles. The average molecular weight is 282 g/mol. The molecule has 0 aromatic carbocycles. The highest BCUT2D eigenvalue weighted by molar-refractivity contribution is 7.09. The Bertz CT molecular complexity index is 391. The smallest absolute Gasteiger partial charge is 0.0944 e. The van der Waals surface area contributed by atoms with Crippen molar-refractivity contribution in [3.8, 4) is 0 Å². The highest BCUT2D eigenvalue weighted by Crippen LogP contribution is 2.26. The summed E-state index contributed by atoms with van der Waals surface area (Å²) in [5, 5.41) is 7.07. The topological polar surface area (TPSA) is 34.2 Å². The van der Waals surface area contributed by atoms with Crippen LogP contribution in [0.15, 0.2) is 5.38 Å². The molecule has 3 nitrogen and oxygen atoms in total. The summed E-state index contributed by atoms with van der Waals surface area (Å²) in [4.78, 5) is 4.81. The van der Waals surface area contributed by atoms with Crippen molar-refractivity contribution >= 4 is 11.3 Å². The van der Waals surface area contributed by atoms with Gasteiger partial charge in [-0.3, -0.25) is 0 Å². The first-order valence-corrected chi connectivity index (χ1v) is 8.14. The van der Waals surface area contributed by atoms with E-state index in [9.17, 15) is 0 Å². The lowest BCUT2D eigenvalue weighted by Crippen LogP contribution is -2.38. The second-order valence-electron chi connectivity index (χ2n) is 6.37. The minimum atomic E-state index is 0.152. The van der Waals surface area contributed by atoms with Gasteiger partial charge in [-0.15, -0.1) is 11.3 Å². The first-order valence-electron chi connectivity index (χ1n) is 7.26. The summed E-state index contributed by atoms with van der Waals surface area (Å²) in [6, 6.07) is 0.506. The quantitative estimate of drug-likeness (QED) is 0.901. The number of hydrogen-bond donors (Lipinski definition) is 1. The molecule has 0 aliphatic carbocycles. The Hall–Kier alpha value is -0.450. The largest absolute Gasteiger partial charge is 0.381 e. The van der Waals surface area contributed by atoms with Crippen LogP contribution in [0, 0.1) is 5.92 Å². The molecule has 0 bridgehead atoms. The molecule has 1 aliphatic rings. The van der Waals surface area contributed by atoms with E-state index in [0.717, 1.165) is 26.2 Å². The minimum absolute atomic E-state index is 0.152. The van der Waals surface area contributed by atoms with E-state index in [2.05, 4.69) is 38.4 Å². The zero-order valence-electron chi connectivity index (χ0n) is 12.5. The second kappa shape index (κ2) is 6.33. The molecule has 2 unspecified atom stereocenters. The second-order valence-corrected chi connectivity index (χ2v) is 7.31. The number of hydrogen-bond acceptors (Lipinski definition) is 4. The number of likely N-dealkylation sites (N-methyl/N-ethyl adjacent to an activating group) is 1. The third-order valence-corrected chi connectivity index (χ3v) is 4.59. The lowest BCUT2D eigenvalue weighted by molar-refractivity contribution is 0.176. The molecule has 1 fully saturated rings. The van der Waals surface area contributed by atoms with Crippen molar-refractivity contribution in [3.63, 3.8) is 0 Å². The van der Waals surface area contributed by atoms with Gasteiger partial charge in [-0.1, -0.05) is 27.7 Å². The number of nitrogens with one attached hydrogen (secondary N) is 1. The van der Waals surface area contributed by atoms with Crippen LogP contribution in [0.3, 0.4) is 0 Å². The summed E-state index contributed by atoms with van der Waals surface area (Å²) in [5.74, 6) is 0.641. The van der Waals surface area contributed by atoms with E-state index in [1.165, 1.54) is 17.1 Å². The zero-order chi connectivity index (χ0) is 13.9. The van der Waals surface area contributed by atoms with Gasteiger partial charge in [0, 0.05) is 35.8 Å². The maximum absolute atomic E-state index is 5.52. The normalized spacial score (nSPS) is 21.8. The number of ether oxygens (including phenoxy) is 1. The lowest BCUT2D eigenvalue weighted by Gasteiger charge is -2.22. The highest BCUT2D eigenvalue weighted by atomic mass is 32.1. The maximum Gasteiger partial charge on any atom is 0.0944 e. The molecule has 0 amide bonds. The van der Waals surface area contributed by atoms with Crippen molar-refractivity contribution in [1.82, 2.24) is 10.3 Å². The first-order chi connectivity index (χ1) is 9.00. The van der Waals surface area contributed by atoms with Crippen molar-refractivity contribution in [2.24, 2.45) is 5.92 Å². The van der Waals surface area contributed by atoms with Crippen molar-refractivity contribution in [1.29, 1.82) is 0 Å². The van der Waals surface area contributed by atoms with Crippen LogP contribution >= 0.6 is 11.3 Å². The summed E-state index contributed by atoms with van der Waals surface area (Å²) < 4.78 is 5.52. The Labute approximate surface area is 120 Å². The van der Waals surface area contributed by atoms with E-state index < -0.39 is 0 Å². The van der Waals surface area contributed by atoms with Crippen molar-refractivity contribution < 1.29 is 4.74 Å². The fourth-order valence-electron chi connectivity index (χ4n) is 2.48. The molecule has 1 aromatic heterocycles. The van der Waals surface area contributed by atoms with Crippen LogP contribution in [-0.2, 0) is 16.6 Å². The molecule has 108 valence electrons. The number of nitrogens with zero attached hydrogens (tertiary/aromatic N) is 1. The molecule has 1 N–H and O–H groups in total. The Morgan fingerprint density at radius 2 is 2.32 bits per heavy atom. The van der Waals surface area contributed by atoms with E-state index in [4.69, 9.17) is 9.72 Å². The Morgan fingerprint density at radius 3 is 2.84 bits per heavy atom. The van der Waals surface area contributed by atoms with E-state index >= 15 is 0 Å². The van der Waals surface area contributed by atoms with Crippen LogP contribution in [0.2, 0.25) is 0 Å². The summed E-state index contributed by atoms with van der Waals surface area (Å²) in [7, 11) is 0. The maximum atomic E-state index is 5.52. The van der Waals surface area contributed by atoms with Gasteiger partial charge in [0.2, 0.25) is 0 Å². The molecule has 1 aromatic rings. The van der Waals surface area contributed by atoms with Crippen LogP contribution in [-0.4, -0.2) is 30.8 Å². The Balaban J connectivity index is 2.02. The van der Waals surface area contributed by atoms with E-state index in [0.29, 0.717) is 12.0 Å². The summed E-state index contributed by atoms with van der Waals surface area (Å²) in [6.07, 6.45) is 2.21. The van der Waals surface area contributed by atoms with Gasteiger partial charge < -0.3 is 10.1 Å². The molecule has 0 spiro atoms. The van der Waals surface area contributed by atoms with Gasteiger partial charge >= 0.3 is 0 Å². The monoisotopic (exact) mass is 282 g/mol. The van der Waals surface area contributed by atoms with E-state index in [1.807, 2.05) is 0 Å². The van der Waals surface area contributed by atoms with Gasteiger partial charge in [-0.05, 0) is 13.0 Å².